The standard InChI is InChI=1S/C12H16N2O3/c13-11-2-1-9(16)5-10(11)12(17)14-4-3-8(6-14)7-15/h1-2,5,8,15-16H,3-4,6-7,13H2. The van der Waals surface area contributed by atoms with Gasteiger partial charge in [-0.3, -0.25) is 4.79 Å². The first-order valence-electron chi connectivity index (χ1n) is 5.60. The van der Waals surface area contributed by atoms with E-state index in [9.17, 15) is 9.90 Å². The summed E-state index contributed by atoms with van der Waals surface area (Å²) in [5.74, 6) is -0.00714. The highest BCUT2D eigenvalue weighted by Crippen LogP contribution is 2.23. The summed E-state index contributed by atoms with van der Waals surface area (Å²) in [5, 5.41) is 18.4. The van der Waals surface area contributed by atoms with Crippen molar-refractivity contribution in [3.05, 3.63) is 23.8 Å². The van der Waals surface area contributed by atoms with Gasteiger partial charge in [0.2, 0.25) is 0 Å². The summed E-state index contributed by atoms with van der Waals surface area (Å²) in [6, 6.07) is 4.35. The maximum atomic E-state index is 12.1. The van der Waals surface area contributed by atoms with Gasteiger partial charge in [0.05, 0.1) is 5.56 Å². The summed E-state index contributed by atoms with van der Waals surface area (Å²) < 4.78 is 0. The van der Waals surface area contributed by atoms with Crippen LogP contribution >= 0.6 is 0 Å². The van der Waals surface area contributed by atoms with Crippen molar-refractivity contribution in [1.82, 2.24) is 4.90 Å². The molecule has 4 N–H and O–H groups in total. The number of likely N-dealkylation sites (tertiary alicyclic amines) is 1. The van der Waals surface area contributed by atoms with Crippen LogP contribution in [0.1, 0.15) is 16.8 Å². The van der Waals surface area contributed by atoms with Crippen LogP contribution in [0.3, 0.4) is 0 Å². The number of benzene rings is 1. The van der Waals surface area contributed by atoms with Crippen LogP contribution in [0.5, 0.6) is 5.75 Å². The maximum absolute atomic E-state index is 12.1. The molecule has 1 fully saturated rings. The van der Waals surface area contributed by atoms with Gasteiger partial charge in [0.25, 0.3) is 5.91 Å². The van der Waals surface area contributed by atoms with E-state index in [1.54, 1.807) is 4.90 Å². The predicted molar refractivity (Wildman–Crippen MR) is 63.6 cm³/mol. The van der Waals surface area contributed by atoms with Crippen LogP contribution in [0.25, 0.3) is 0 Å². The minimum Gasteiger partial charge on any atom is -0.508 e. The second-order valence-electron chi connectivity index (χ2n) is 4.36. The summed E-state index contributed by atoms with van der Waals surface area (Å²) in [6.07, 6.45) is 0.807. The Hall–Kier alpha value is -1.75. The van der Waals surface area contributed by atoms with Gasteiger partial charge in [0.1, 0.15) is 5.75 Å². The lowest BCUT2D eigenvalue weighted by Crippen LogP contribution is -2.29. The lowest BCUT2D eigenvalue weighted by atomic mass is 10.1. The number of amides is 1. The minimum atomic E-state index is -0.186. The van der Waals surface area contributed by atoms with Crippen molar-refractivity contribution >= 4 is 11.6 Å². The third kappa shape index (κ3) is 2.34. The molecule has 0 aromatic heterocycles. The number of rotatable bonds is 2. The molecule has 0 radical (unpaired) electrons. The number of phenols is 1. The number of nitrogens with zero attached hydrogens (tertiary/aromatic N) is 1. The molecule has 1 aromatic rings. The Labute approximate surface area is 99.5 Å². The van der Waals surface area contributed by atoms with Crippen molar-refractivity contribution in [2.24, 2.45) is 5.92 Å². The Morgan fingerprint density at radius 2 is 2.29 bits per heavy atom. The average Bonchev–Trinajstić information content (AvgIpc) is 2.80. The number of aromatic hydroxyl groups is 1. The molecular weight excluding hydrogens is 220 g/mol. The average molecular weight is 236 g/mol. The number of hydrogen-bond acceptors (Lipinski definition) is 4. The molecule has 0 bridgehead atoms. The van der Waals surface area contributed by atoms with Gasteiger partial charge >= 0.3 is 0 Å². The van der Waals surface area contributed by atoms with Crippen LogP contribution in [0.4, 0.5) is 5.69 Å². The molecule has 0 saturated carbocycles. The Bertz CT molecular complexity index is 434. The van der Waals surface area contributed by atoms with Crippen LogP contribution in [0.2, 0.25) is 0 Å². The Morgan fingerprint density at radius 3 is 2.94 bits per heavy atom. The Morgan fingerprint density at radius 1 is 1.53 bits per heavy atom. The molecule has 5 nitrogen and oxygen atoms in total. The van der Waals surface area contributed by atoms with Gasteiger partial charge in [-0.1, -0.05) is 0 Å². The molecule has 17 heavy (non-hydrogen) atoms. The van der Waals surface area contributed by atoms with Crippen molar-refractivity contribution in [3.63, 3.8) is 0 Å². The number of carbonyl (C=O) groups is 1. The molecule has 1 aliphatic heterocycles. The lowest BCUT2D eigenvalue weighted by molar-refractivity contribution is 0.0782. The molecule has 92 valence electrons. The van der Waals surface area contributed by atoms with Gasteiger partial charge in [0, 0.05) is 31.3 Å². The fourth-order valence-corrected chi connectivity index (χ4v) is 2.07. The smallest absolute Gasteiger partial charge is 0.256 e. The van der Waals surface area contributed by atoms with Crippen LogP contribution in [0, 0.1) is 5.92 Å². The maximum Gasteiger partial charge on any atom is 0.256 e. The van der Waals surface area contributed by atoms with Gasteiger partial charge in [-0.25, -0.2) is 0 Å². The van der Waals surface area contributed by atoms with Gasteiger partial charge in [-0.05, 0) is 24.6 Å². The quantitative estimate of drug-likeness (QED) is 0.513. The zero-order chi connectivity index (χ0) is 12.4. The van der Waals surface area contributed by atoms with Crippen LogP contribution in [0.15, 0.2) is 18.2 Å². The number of nitrogen functional groups attached to an aromatic ring is 1. The number of aliphatic hydroxyl groups is 1. The van der Waals surface area contributed by atoms with E-state index in [2.05, 4.69) is 0 Å². The fraction of sp³-hybridized carbons (Fsp3) is 0.417. The molecule has 0 spiro atoms. The highest BCUT2D eigenvalue weighted by molar-refractivity contribution is 5.99. The first-order valence-corrected chi connectivity index (χ1v) is 5.60. The summed E-state index contributed by atoms with van der Waals surface area (Å²) in [4.78, 5) is 13.8. The predicted octanol–water partition coefficient (Wildman–Crippen LogP) is 0.429. The highest BCUT2D eigenvalue weighted by atomic mass is 16.3. The second-order valence-corrected chi connectivity index (χ2v) is 4.36. The minimum absolute atomic E-state index is 0.0282. The molecule has 1 heterocycles. The highest BCUT2D eigenvalue weighted by Gasteiger charge is 2.27. The summed E-state index contributed by atoms with van der Waals surface area (Å²) >= 11 is 0. The number of anilines is 1. The zero-order valence-corrected chi connectivity index (χ0v) is 9.47. The molecule has 1 saturated heterocycles. The van der Waals surface area contributed by atoms with Gasteiger partial charge in [0.15, 0.2) is 0 Å². The third-order valence-electron chi connectivity index (χ3n) is 3.10. The number of carbonyl (C=O) groups excluding carboxylic acids is 1. The molecule has 1 atom stereocenters. The lowest BCUT2D eigenvalue weighted by Gasteiger charge is -2.17. The van der Waals surface area contributed by atoms with Crippen LogP contribution in [-0.4, -0.2) is 40.7 Å². The largest absolute Gasteiger partial charge is 0.508 e. The van der Waals surface area contributed by atoms with E-state index in [4.69, 9.17) is 10.8 Å². The molecule has 1 aromatic carbocycles. The van der Waals surface area contributed by atoms with Crippen LogP contribution in [-0.2, 0) is 0 Å². The third-order valence-corrected chi connectivity index (χ3v) is 3.10. The first-order chi connectivity index (χ1) is 8.11. The molecule has 1 amide bonds. The molecule has 0 aliphatic carbocycles. The normalized spacial score (nSPS) is 19.6. The summed E-state index contributed by atoms with van der Waals surface area (Å²) in [6.45, 7) is 1.27. The second kappa shape index (κ2) is 4.63. The van der Waals surface area contributed by atoms with Crippen LogP contribution < -0.4 is 5.73 Å². The SMILES string of the molecule is Nc1ccc(O)cc1C(=O)N1CCC(CO)C1. The molecule has 5 heteroatoms. The van der Waals surface area contributed by atoms with E-state index >= 15 is 0 Å². The molecule has 1 unspecified atom stereocenters. The van der Waals surface area contributed by atoms with Crippen molar-refractivity contribution in [2.75, 3.05) is 25.4 Å². The van der Waals surface area contributed by atoms with Crippen molar-refractivity contribution in [3.8, 4) is 5.75 Å². The topological polar surface area (TPSA) is 86.8 Å². The number of aliphatic hydroxyl groups excluding tert-OH is 1. The van der Waals surface area contributed by atoms with Gasteiger partial charge in [-0.15, -0.1) is 0 Å². The molecule has 1 aliphatic rings. The monoisotopic (exact) mass is 236 g/mol. The van der Waals surface area contributed by atoms with Crippen molar-refractivity contribution < 1.29 is 15.0 Å². The number of hydrogen-bond donors (Lipinski definition) is 3. The van der Waals surface area contributed by atoms with E-state index < -0.39 is 0 Å². The van der Waals surface area contributed by atoms with Gasteiger partial charge in [-0.2, -0.15) is 0 Å². The summed E-state index contributed by atoms with van der Waals surface area (Å²) in [5.41, 5.74) is 6.40. The number of phenolic OH excluding ortho intramolecular Hbond substituents is 1. The zero-order valence-electron chi connectivity index (χ0n) is 9.47. The Balaban J connectivity index is 2.17. The van der Waals surface area contributed by atoms with E-state index in [1.807, 2.05) is 0 Å². The van der Waals surface area contributed by atoms with Crippen molar-refractivity contribution in [2.45, 2.75) is 6.42 Å². The van der Waals surface area contributed by atoms with E-state index in [1.165, 1.54) is 18.2 Å². The van der Waals surface area contributed by atoms with E-state index in [0.717, 1.165) is 6.42 Å². The first kappa shape index (κ1) is 11.7. The Kier molecular flexibility index (Phi) is 3.19. The van der Waals surface area contributed by atoms with Crippen molar-refractivity contribution in [1.29, 1.82) is 0 Å². The fourth-order valence-electron chi connectivity index (χ4n) is 2.07. The molecular formula is C12H16N2O3. The van der Waals surface area contributed by atoms with Gasteiger partial charge < -0.3 is 20.8 Å². The molecule has 2 rings (SSSR count). The number of nitrogens with two attached hydrogens (primary N) is 1. The van der Waals surface area contributed by atoms with E-state index in [-0.39, 0.29) is 24.2 Å². The summed E-state index contributed by atoms with van der Waals surface area (Å²) in [7, 11) is 0. The van der Waals surface area contributed by atoms with E-state index in [0.29, 0.717) is 24.3 Å².